The Labute approximate surface area is 163 Å². The summed E-state index contributed by atoms with van der Waals surface area (Å²) in [6, 6.07) is 6.49. The predicted molar refractivity (Wildman–Crippen MR) is 101 cm³/mol. The Morgan fingerprint density at radius 3 is 2.50 bits per heavy atom. The van der Waals surface area contributed by atoms with E-state index in [1.165, 1.54) is 11.0 Å². The molecule has 2 aliphatic heterocycles. The van der Waals surface area contributed by atoms with Gasteiger partial charge < -0.3 is 15.1 Å². The van der Waals surface area contributed by atoms with Crippen molar-refractivity contribution in [1.82, 2.24) is 15.1 Å². The molecule has 3 amide bonds. The van der Waals surface area contributed by atoms with Gasteiger partial charge >= 0.3 is 0 Å². The molecule has 1 unspecified atom stereocenters. The fourth-order valence-corrected chi connectivity index (χ4v) is 3.87. The summed E-state index contributed by atoms with van der Waals surface area (Å²) in [6.45, 7) is 2.94. The summed E-state index contributed by atoms with van der Waals surface area (Å²) in [5.41, 5.74) is 0.231. The molecule has 0 aromatic heterocycles. The molecule has 150 valence electrons. The van der Waals surface area contributed by atoms with Gasteiger partial charge in [0, 0.05) is 45.2 Å². The number of hydrogen-bond donors (Lipinski definition) is 1. The Balaban J connectivity index is 1.29. The van der Waals surface area contributed by atoms with Crippen LogP contribution in [0.5, 0.6) is 0 Å². The van der Waals surface area contributed by atoms with Gasteiger partial charge in [-0.05, 0) is 25.0 Å². The number of halogens is 1. The first-order valence-electron chi connectivity index (χ1n) is 9.86. The lowest BCUT2D eigenvalue weighted by Gasteiger charge is -2.35. The summed E-state index contributed by atoms with van der Waals surface area (Å²) < 4.78 is 14.0. The average molecular weight is 388 g/mol. The predicted octanol–water partition coefficient (Wildman–Crippen LogP) is 0.601. The van der Waals surface area contributed by atoms with E-state index in [0.717, 1.165) is 12.8 Å². The van der Waals surface area contributed by atoms with Crippen LogP contribution in [-0.2, 0) is 14.4 Å². The molecule has 2 heterocycles. The van der Waals surface area contributed by atoms with Crippen molar-refractivity contribution in [3.63, 3.8) is 0 Å². The molecule has 1 aromatic carbocycles. The molecule has 3 aliphatic rings. The van der Waals surface area contributed by atoms with Gasteiger partial charge in [0.15, 0.2) is 0 Å². The third-order valence-electron chi connectivity index (χ3n) is 5.61. The molecule has 1 atom stereocenters. The highest BCUT2D eigenvalue weighted by atomic mass is 19.1. The zero-order valence-electron chi connectivity index (χ0n) is 15.8. The van der Waals surface area contributed by atoms with Crippen molar-refractivity contribution >= 4 is 23.4 Å². The van der Waals surface area contributed by atoms with Crippen molar-refractivity contribution in [2.24, 2.45) is 5.92 Å². The van der Waals surface area contributed by atoms with E-state index in [4.69, 9.17) is 0 Å². The summed E-state index contributed by atoms with van der Waals surface area (Å²) in [5.74, 6) is -1.14. The van der Waals surface area contributed by atoms with Crippen molar-refractivity contribution in [2.45, 2.75) is 25.3 Å². The van der Waals surface area contributed by atoms with E-state index in [9.17, 15) is 18.8 Å². The number of carbonyl (C=O) groups excluding carboxylic acids is 3. The SMILES string of the molecule is O=C(CN1CCN(C(=O)C2CC(=O)N(c3ccccc3F)C2)CC1)NC1CC1. The molecule has 28 heavy (non-hydrogen) atoms. The van der Waals surface area contributed by atoms with Crippen LogP contribution < -0.4 is 10.2 Å². The lowest BCUT2D eigenvalue weighted by Crippen LogP contribution is -2.52. The Bertz CT molecular complexity index is 774. The second kappa shape index (κ2) is 7.87. The number of para-hydroxylation sites is 1. The molecule has 1 N–H and O–H groups in total. The quantitative estimate of drug-likeness (QED) is 0.802. The third kappa shape index (κ3) is 4.16. The van der Waals surface area contributed by atoms with Gasteiger partial charge in [-0.15, -0.1) is 0 Å². The number of piperazine rings is 1. The molecule has 0 spiro atoms. The number of nitrogens with zero attached hydrogens (tertiary/aromatic N) is 3. The molecule has 0 bridgehead atoms. The number of nitrogens with one attached hydrogen (secondary N) is 1. The van der Waals surface area contributed by atoms with Crippen LogP contribution in [0, 0.1) is 11.7 Å². The molecule has 7 nitrogen and oxygen atoms in total. The third-order valence-corrected chi connectivity index (χ3v) is 5.61. The van der Waals surface area contributed by atoms with Crippen LogP contribution in [0.2, 0.25) is 0 Å². The van der Waals surface area contributed by atoms with Crippen LogP contribution in [0.15, 0.2) is 24.3 Å². The minimum Gasteiger partial charge on any atom is -0.352 e. The van der Waals surface area contributed by atoms with Crippen LogP contribution in [0.1, 0.15) is 19.3 Å². The Hall–Kier alpha value is -2.48. The van der Waals surface area contributed by atoms with Crippen molar-refractivity contribution in [2.75, 3.05) is 44.2 Å². The molecule has 8 heteroatoms. The van der Waals surface area contributed by atoms with Gasteiger partial charge in [-0.2, -0.15) is 0 Å². The number of benzene rings is 1. The van der Waals surface area contributed by atoms with E-state index in [2.05, 4.69) is 5.32 Å². The van der Waals surface area contributed by atoms with Crippen molar-refractivity contribution in [3.8, 4) is 0 Å². The highest BCUT2D eigenvalue weighted by Gasteiger charge is 2.38. The summed E-state index contributed by atoms with van der Waals surface area (Å²) in [6.07, 6.45) is 2.24. The van der Waals surface area contributed by atoms with E-state index in [-0.39, 0.29) is 36.4 Å². The lowest BCUT2D eigenvalue weighted by atomic mass is 10.1. The Morgan fingerprint density at radius 1 is 1.11 bits per heavy atom. The smallest absolute Gasteiger partial charge is 0.234 e. The fourth-order valence-electron chi connectivity index (χ4n) is 3.87. The van der Waals surface area contributed by atoms with Crippen LogP contribution in [0.3, 0.4) is 0 Å². The van der Waals surface area contributed by atoms with Crippen LogP contribution >= 0.6 is 0 Å². The van der Waals surface area contributed by atoms with Gasteiger partial charge in [-0.1, -0.05) is 12.1 Å². The van der Waals surface area contributed by atoms with Crippen molar-refractivity contribution in [3.05, 3.63) is 30.1 Å². The molecule has 2 saturated heterocycles. The molecule has 1 aromatic rings. The highest BCUT2D eigenvalue weighted by Crippen LogP contribution is 2.28. The summed E-state index contributed by atoms with van der Waals surface area (Å²) >= 11 is 0. The lowest BCUT2D eigenvalue weighted by molar-refractivity contribution is -0.137. The molecule has 0 radical (unpaired) electrons. The van der Waals surface area contributed by atoms with E-state index in [0.29, 0.717) is 38.8 Å². The molecular weight excluding hydrogens is 363 g/mol. The van der Waals surface area contributed by atoms with Gasteiger partial charge in [0.25, 0.3) is 0 Å². The van der Waals surface area contributed by atoms with E-state index in [1.807, 2.05) is 4.90 Å². The zero-order chi connectivity index (χ0) is 19.7. The number of anilines is 1. The maximum absolute atomic E-state index is 14.0. The van der Waals surface area contributed by atoms with Crippen LogP contribution in [-0.4, -0.2) is 72.8 Å². The fraction of sp³-hybridized carbons (Fsp3) is 0.550. The van der Waals surface area contributed by atoms with Gasteiger partial charge in [-0.3, -0.25) is 19.3 Å². The zero-order valence-corrected chi connectivity index (χ0v) is 15.8. The number of hydrogen-bond acceptors (Lipinski definition) is 4. The van der Waals surface area contributed by atoms with Crippen molar-refractivity contribution < 1.29 is 18.8 Å². The maximum Gasteiger partial charge on any atom is 0.234 e. The number of carbonyl (C=O) groups is 3. The second-order valence-corrected chi connectivity index (χ2v) is 7.80. The maximum atomic E-state index is 14.0. The first-order chi connectivity index (χ1) is 13.5. The summed E-state index contributed by atoms with van der Waals surface area (Å²) in [4.78, 5) is 42.3. The molecule has 4 rings (SSSR count). The van der Waals surface area contributed by atoms with Crippen molar-refractivity contribution in [1.29, 1.82) is 0 Å². The monoisotopic (exact) mass is 388 g/mol. The largest absolute Gasteiger partial charge is 0.352 e. The molecule has 1 aliphatic carbocycles. The second-order valence-electron chi connectivity index (χ2n) is 7.80. The first-order valence-corrected chi connectivity index (χ1v) is 9.86. The van der Waals surface area contributed by atoms with Gasteiger partial charge in [0.2, 0.25) is 17.7 Å². The minimum absolute atomic E-state index is 0.0456. The van der Waals surface area contributed by atoms with Gasteiger partial charge in [0.05, 0.1) is 18.2 Å². The van der Waals surface area contributed by atoms with E-state index >= 15 is 0 Å². The first kappa shape index (κ1) is 18.9. The molecule has 3 fully saturated rings. The van der Waals surface area contributed by atoms with Gasteiger partial charge in [0.1, 0.15) is 5.82 Å². The standard InChI is InChI=1S/C20H25FN4O3/c21-16-3-1-2-4-17(16)25-12-14(11-19(25)27)20(28)24-9-7-23(8-10-24)13-18(26)22-15-5-6-15/h1-4,14-15H,5-13H2,(H,22,26). The average Bonchev–Trinajstić information content (AvgIpc) is 3.41. The molecular formula is C20H25FN4O3. The number of amides is 3. The van der Waals surface area contributed by atoms with E-state index in [1.54, 1.807) is 23.1 Å². The topological polar surface area (TPSA) is 73.0 Å². The highest BCUT2D eigenvalue weighted by molar-refractivity contribution is 6.00. The van der Waals surface area contributed by atoms with E-state index < -0.39 is 11.7 Å². The Kier molecular flexibility index (Phi) is 5.30. The van der Waals surface area contributed by atoms with Crippen LogP contribution in [0.4, 0.5) is 10.1 Å². The minimum atomic E-state index is -0.456. The summed E-state index contributed by atoms with van der Waals surface area (Å²) in [5, 5.41) is 2.97. The number of rotatable bonds is 5. The Morgan fingerprint density at radius 2 is 1.82 bits per heavy atom. The van der Waals surface area contributed by atoms with Gasteiger partial charge in [-0.25, -0.2) is 4.39 Å². The molecule has 1 saturated carbocycles. The summed E-state index contributed by atoms with van der Waals surface area (Å²) in [7, 11) is 0. The normalized spacial score (nSPS) is 23.2. The van der Waals surface area contributed by atoms with Crippen LogP contribution in [0.25, 0.3) is 0 Å².